The lowest BCUT2D eigenvalue weighted by molar-refractivity contribution is 0.0949. The number of hydrogen-bond donors (Lipinski definition) is 1. The molecule has 0 fully saturated rings. The average molecular weight is 332 g/mol. The molecule has 23 heavy (non-hydrogen) atoms. The van der Waals surface area contributed by atoms with Crippen LogP contribution >= 0.6 is 11.6 Å². The third-order valence-electron chi connectivity index (χ3n) is 3.10. The molecule has 3 aromatic rings. The Bertz CT molecular complexity index is 834. The molecular formula is C15H11ClFN5O. The van der Waals surface area contributed by atoms with Crippen LogP contribution < -0.4 is 5.32 Å². The van der Waals surface area contributed by atoms with Crippen molar-refractivity contribution < 1.29 is 9.18 Å². The minimum Gasteiger partial charge on any atom is -0.345 e. The van der Waals surface area contributed by atoms with Crippen molar-refractivity contribution in [1.82, 2.24) is 25.5 Å². The van der Waals surface area contributed by atoms with E-state index < -0.39 is 11.7 Å². The van der Waals surface area contributed by atoms with E-state index in [1.54, 1.807) is 24.3 Å². The first-order chi connectivity index (χ1) is 11.1. The fourth-order valence-corrected chi connectivity index (χ4v) is 2.12. The van der Waals surface area contributed by atoms with Crippen LogP contribution in [0, 0.1) is 5.82 Å². The second-order valence-electron chi connectivity index (χ2n) is 4.68. The van der Waals surface area contributed by atoms with E-state index in [0.717, 1.165) is 11.8 Å². The molecule has 1 N–H and O–H groups in total. The summed E-state index contributed by atoms with van der Waals surface area (Å²) >= 11 is 5.85. The predicted molar refractivity (Wildman–Crippen MR) is 81.7 cm³/mol. The normalized spacial score (nSPS) is 10.5. The summed E-state index contributed by atoms with van der Waals surface area (Å²) in [5.41, 5.74) is 0.949. The van der Waals surface area contributed by atoms with Gasteiger partial charge in [-0.25, -0.2) is 4.39 Å². The zero-order valence-electron chi connectivity index (χ0n) is 11.8. The Morgan fingerprint density at radius 1 is 1.22 bits per heavy atom. The van der Waals surface area contributed by atoms with E-state index in [-0.39, 0.29) is 12.1 Å². The maximum absolute atomic E-state index is 13.1. The highest BCUT2D eigenvalue weighted by Crippen LogP contribution is 2.13. The van der Waals surface area contributed by atoms with Gasteiger partial charge in [0.2, 0.25) is 0 Å². The minimum absolute atomic E-state index is 0.102. The van der Waals surface area contributed by atoms with E-state index in [1.165, 1.54) is 22.9 Å². The van der Waals surface area contributed by atoms with Gasteiger partial charge in [-0.2, -0.15) is 4.68 Å². The molecule has 0 radical (unpaired) electrons. The Morgan fingerprint density at radius 3 is 2.74 bits per heavy atom. The third kappa shape index (κ3) is 3.51. The summed E-state index contributed by atoms with van der Waals surface area (Å²) < 4.78 is 14.6. The number of tetrazole rings is 1. The first-order valence-corrected chi connectivity index (χ1v) is 7.08. The van der Waals surface area contributed by atoms with Gasteiger partial charge in [-0.1, -0.05) is 17.7 Å². The number of nitrogens with one attached hydrogen (secondary N) is 1. The number of amides is 1. The van der Waals surface area contributed by atoms with Crippen molar-refractivity contribution in [2.24, 2.45) is 0 Å². The Morgan fingerprint density at radius 2 is 2.00 bits per heavy atom. The molecule has 1 heterocycles. The van der Waals surface area contributed by atoms with Crippen molar-refractivity contribution in [2.45, 2.75) is 6.54 Å². The van der Waals surface area contributed by atoms with Gasteiger partial charge in [0, 0.05) is 10.6 Å². The number of benzene rings is 2. The minimum atomic E-state index is -0.469. The summed E-state index contributed by atoms with van der Waals surface area (Å²) in [4.78, 5) is 12.0. The largest absolute Gasteiger partial charge is 0.345 e. The number of aromatic nitrogens is 4. The highest BCUT2D eigenvalue weighted by molar-refractivity contribution is 6.30. The fourth-order valence-electron chi connectivity index (χ4n) is 1.99. The van der Waals surface area contributed by atoms with Crippen LogP contribution in [0.25, 0.3) is 5.69 Å². The molecule has 2 aromatic carbocycles. The van der Waals surface area contributed by atoms with E-state index in [0.29, 0.717) is 10.8 Å². The first-order valence-electron chi connectivity index (χ1n) is 6.70. The molecule has 1 aromatic heterocycles. The number of nitrogens with zero attached hydrogens (tertiary/aromatic N) is 4. The number of carbonyl (C=O) groups excluding carboxylic acids is 1. The Balaban J connectivity index is 1.73. The van der Waals surface area contributed by atoms with Gasteiger partial charge in [-0.05, 0) is 52.9 Å². The Hall–Kier alpha value is -2.80. The number of carbonyl (C=O) groups is 1. The number of rotatable bonds is 4. The lowest BCUT2D eigenvalue weighted by Crippen LogP contribution is -2.24. The van der Waals surface area contributed by atoms with Crippen LogP contribution in [0.2, 0.25) is 5.02 Å². The van der Waals surface area contributed by atoms with Crippen molar-refractivity contribution in [1.29, 1.82) is 0 Å². The predicted octanol–water partition coefficient (Wildman–Crippen LogP) is 2.38. The molecule has 0 unspecified atom stereocenters. The molecule has 1 amide bonds. The quantitative estimate of drug-likeness (QED) is 0.796. The van der Waals surface area contributed by atoms with E-state index in [9.17, 15) is 9.18 Å². The van der Waals surface area contributed by atoms with Gasteiger partial charge >= 0.3 is 0 Å². The van der Waals surface area contributed by atoms with Crippen LogP contribution in [0.5, 0.6) is 0 Å². The molecule has 3 rings (SSSR count). The average Bonchev–Trinajstić information content (AvgIpc) is 3.02. The standard InChI is InChI=1S/C15H11ClFN5O/c16-11-4-6-13(7-5-11)22-14(19-20-21-22)9-18-15(23)10-2-1-3-12(17)8-10/h1-8H,9H2,(H,18,23). The van der Waals surface area contributed by atoms with Crippen LogP contribution in [0.15, 0.2) is 48.5 Å². The molecular weight excluding hydrogens is 321 g/mol. The Labute approximate surface area is 135 Å². The molecule has 0 aliphatic carbocycles. The lowest BCUT2D eigenvalue weighted by Gasteiger charge is -2.06. The molecule has 116 valence electrons. The zero-order chi connectivity index (χ0) is 16.2. The summed E-state index contributed by atoms with van der Waals surface area (Å²) in [6.45, 7) is 0.102. The third-order valence-corrected chi connectivity index (χ3v) is 3.35. The van der Waals surface area contributed by atoms with Crippen LogP contribution in [0.3, 0.4) is 0 Å². The van der Waals surface area contributed by atoms with Crippen molar-refractivity contribution in [3.63, 3.8) is 0 Å². The van der Waals surface area contributed by atoms with E-state index in [4.69, 9.17) is 11.6 Å². The zero-order valence-corrected chi connectivity index (χ0v) is 12.5. The van der Waals surface area contributed by atoms with Crippen LogP contribution in [-0.4, -0.2) is 26.1 Å². The topological polar surface area (TPSA) is 72.7 Å². The van der Waals surface area contributed by atoms with E-state index in [1.807, 2.05) is 0 Å². The first kappa shape index (κ1) is 15.1. The van der Waals surface area contributed by atoms with Crippen molar-refractivity contribution in [3.8, 4) is 5.69 Å². The summed E-state index contributed by atoms with van der Waals surface area (Å²) in [5, 5.41) is 14.6. The maximum Gasteiger partial charge on any atom is 0.251 e. The second-order valence-corrected chi connectivity index (χ2v) is 5.11. The highest BCUT2D eigenvalue weighted by Gasteiger charge is 2.11. The fraction of sp³-hybridized carbons (Fsp3) is 0.0667. The van der Waals surface area contributed by atoms with Gasteiger partial charge in [0.05, 0.1) is 12.2 Å². The van der Waals surface area contributed by atoms with Crippen molar-refractivity contribution in [2.75, 3.05) is 0 Å². The van der Waals surface area contributed by atoms with Gasteiger partial charge in [0.15, 0.2) is 5.82 Å². The van der Waals surface area contributed by atoms with Gasteiger partial charge < -0.3 is 5.32 Å². The molecule has 0 spiro atoms. The molecule has 0 aliphatic heterocycles. The van der Waals surface area contributed by atoms with E-state index >= 15 is 0 Å². The molecule has 0 aliphatic rings. The molecule has 0 bridgehead atoms. The van der Waals surface area contributed by atoms with Gasteiger partial charge in [-0.15, -0.1) is 5.10 Å². The summed E-state index contributed by atoms with van der Waals surface area (Å²) in [6, 6.07) is 12.4. The molecule has 8 heteroatoms. The molecule has 6 nitrogen and oxygen atoms in total. The van der Waals surface area contributed by atoms with Crippen LogP contribution in [-0.2, 0) is 6.54 Å². The summed E-state index contributed by atoms with van der Waals surface area (Å²) in [6.07, 6.45) is 0. The van der Waals surface area contributed by atoms with Crippen LogP contribution in [0.4, 0.5) is 4.39 Å². The monoisotopic (exact) mass is 331 g/mol. The van der Waals surface area contributed by atoms with Crippen molar-refractivity contribution in [3.05, 3.63) is 70.8 Å². The summed E-state index contributed by atoms with van der Waals surface area (Å²) in [5.74, 6) is -0.434. The Kier molecular flexibility index (Phi) is 4.29. The molecule has 0 saturated carbocycles. The van der Waals surface area contributed by atoms with Gasteiger partial charge in [-0.3, -0.25) is 4.79 Å². The van der Waals surface area contributed by atoms with Gasteiger partial charge in [0.25, 0.3) is 5.91 Å². The highest BCUT2D eigenvalue weighted by atomic mass is 35.5. The van der Waals surface area contributed by atoms with Crippen LogP contribution in [0.1, 0.15) is 16.2 Å². The SMILES string of the molecule is O=C(NCc1nnnn1-c1ccc(Cl)cc1)c1cccc(F)c1. The van der Waals surface area contributed by atoms with Gasteiger partial charge in [0.1, 0.15) is 5.82 Å². The number of hydrogen-bond acceptors (Lipinski definition) is 4. The second kappa shape index (κ2) is 6.53. The lowest BCUT2D eigenvalue weighted by atomic mass is 10.2. The maximum atomic E-state index is 13.1. The number of halogens is 2. The molecule has 0 atom stereocenters. The van der Waals surface area contributed by atoms with Crippen molar-refractivity contribution >= 4 is 17.5 Å². The van der Waals surface area contributed by atoms with E-state index in [2.05, 4.69) is 20.8 Å². The molecule has 0 saturated heterocycles. The summed E-state index contributed by atoms with van der Waals surface area (Å²) in [7, 11) is 0. The smallest absolute Gasteiger partial charge is 0.251 e.